The number of hydrogen-bond acceptors (Lipinski definition) is 6. The van der Waals surface area contributed by atoms with Gasteiger partial charge in [0.1, 0.15) is 17.4 Å². The molecule has 0 aromatic heterocycles. The van der Waals surface area contributed by atoms with Gasteiger partial charge in [-0.25, -0.2) is 0 Å². The zero-order chi connectivity index (χ0) is 29.2. The number of carbonyl (C=O) groups is 3. The van der Waals surface area contributed by atoms with Gasteiger partial charge in [-0.3, -0.25) is 14.4 Å². The molecule has 2 bridgehead atoms. The van der Waals surface area contributed by atoms with Gasteiger partial charge >= 0.3 is 0 Å². The molecule has 3 fully saturated rings. The summed E-state index contributed by atoms with van der Waals surface area (Å²) < 4.78 is 12.1. The van der Waals surface area contributed by atoms with Crippen molar-refractivity contribution in [3.05, 3.63) is 49.6 Å². The minimum Gasteiger partial charge on any atom is -0.497 e. The van der Waals surface area contributed by atoms with E-state index in [9.17, 15) is 19.5 Å². The van der Waals surface area contributed by atoms with Gasteiger partial charge in [-0.05, 0) is 56.4 Å². The molecule has 9 heteroatoms. The number of ether oxygens (including phenoxy) is 2. The van der Waals surface area contributed by atoms with E-state index in [1.54, 1.807) is 58.2 Å². The first kappa shape index (κ1) is 29.8. The van der Waals surface area contributed by atoms with Crippen LogP contribution in [0.4, 0.5) is 5.69 Å². The van der Waals surface area contributed by atoms with Gasteiger partial charge in [0.05, 0.1) is 24.5 Å². The van der Waals surface area contributed by atoms with Crippen LogP contribution in [0.3, 0.4) is 0 Å². The summed E-state index contributed by atoms with van der Waals surface area (Å²) in [6, 6.07) is 6.21. The van der Waals surface area contributed by atoms with Crippen molar-refractivity contribution >= 4 is 23.4 Å². The van der Waals surface area contributed by atoms with Gasteiger partial charge in [-0.2, -0.15) is 0 Å². The summed E-state index contributed by atoms with van der Waals surface area (Å²) in [6.07, 6.45) is 4.90. The molecule has 3 unspecified atom stereocenters. The van der Waals surface area contributed by atoms with E-state index >= 15 is 0 Å². The maximum atomic E-state index is 14.6. The molecule has 1 aromatic carbocycles. The quantitative estimate of drug-likeness (QED) is 0.377. The van der Waals surface area contributed by atoms with Crippen LogP contribution in [0.1, 0.15) is 40.0 Å². The number of likely N-dealkylation sites (tertiary alicyclic amines) is 1. The van der Waals surface area contributed by atoms with E-state index in [2.05, 4.69) is 13.2 Å². The lowest BCUT2D eigenvalue weighted by Crippen LogP contribution is -2.57. The number of nitrogens with zero attached hydrogens (tertiary/aromatic N) is 3. The third-order valence-corrected chi connectivity index (χ3v) is 8.99. The molecule has 3 saturated heterocycles. The number of benzene rings is 1. The average molecular weight is 554 g/mol. The number of anilines is 1. The fourth-order valence-corrected chi connectivity index (χ4v) is 7.15. The van der Waals surface area contributed by atoms with Gasteiger partial charge in [-0.15, -0.1) is 13.2 Å². The van der Waals surface area contributed by atoms with Crippen molar-refractivity contribution in [2.75, 3.05) is 44.8 Å². The standard InChI is InChI=1S/C31H43N3O6/c1-7-15-32(16-8-2)27(36)24-25-28(37)34(18-10-19-35)26(31(25)20-21(4)30(24,5)40-31)29(38)33(17-9-3)22-11-13-23(39-6)14-12-22/h7,9,11-14,21,24-26,35H,1,3,8,10,15-20H2,2,4-6H3/t21?,24-,25+,26?,30+,31?/m1/s1. The number of amides is 3. The third kappa shape index (κ3) is 4.63. The minimum absolute atomic E-state index is 0.0559. The van der Waals surface area contributed by atoms with Crippen molar-refractivity contribution in [3.63, 3.8) is 0 Å². The molecule has 1 aromatic rings. The minimum atomic E-state index is -1.16. The molecular weight excluding hydrogens is 510 g/mol. The second-order valence-corrected chi connectivity index (χ2v) is 11.3. The van der Waals surface area contributed by atoms with Gasteiger partial charge in [-0.1, -0.05) is 26.0 Å². The topological polar surface area (TPSA) is 99.6 Å². The zero-order valence-electron chi connectivity index (χ0n) is 24.2. The molecule has 218 valence electrons. The Kier molecular flexibility index (Phi) is 8.75. The normalized spacial score (nSPS) is 30.2. The number of rotatable bonds is 13. The molecule has 9 nitrogen and oxygen atoms in total. The van der Waals surface area contributed by atoms with Crippen LogP contribution in [0, 0.1) is 17.8 Å². The molecule has 1 N–H and O–H groups in total. The highest BCUT2D eigenvalue weighted by Gasteiger charge is 2.80. The molecule has 3 aliphatic heterocycles. The van der Waals surface area contributed by atoms with Crippen LogP contribution in [0.2, 0.25) is 0 Å². The first-order chi connectivity index (χ1) is 19.1. The number of hydrogen-bond donors (Lipinski definition) is 1. The number of methoxy groups -OCH3 is 1. The van der Waals surface area contributed by atoms with E-state index in [1.165, 1.54) is 0 Å². The highest BCUT2D eigenvalue weighted by Crippen LogP contribution is 2.65. The molecule has 0 aliphatic carbocycles. The Balaban J connectivity index is 1.81. The van der Waals surface area contributed by atoms with Crippen molar-refractivity contribution in [1.82, 2.24) is 9.80 Å². The van der Waals surface area contributed by atoms with Gasteiger partial charge in [0.25, 0.3) is 5.91 Å². The second-order valence-electron chi connectivity index (χ2n) is 11.3. The van der Waals surface area contributed by atoms with Crippen LogP contribution in [0.15, 0.2) is 49.6 Å². The smallest absolute Gasteiger partial charge is 0.253 e. The predicted molar refractivity (Wildman–Crippen MR) is 153 cm³/mol. The summed E-state index contributed by atoms with van der Waals surface area (Å²) in [5.74, 6) is -1.60. The molecule has 0 radical (unpaired) electrons. The molecule has 3 heterocycles. The summed E-state index contributed by atoms with van der Waals surface area (Å²) >= 11 is 0. The number of carbonyl (C=O) groups excluding carboxylic acids is 3. The molecule has 4 rings (SSSR count). The van der Waals surface area contributed by atoms with E-state index in [-0.39, 0.29) is 43.3 Å². The van der Waals surface area contributed by atoms with Crippen LogP contribution in [0.25, 0.3) is 0 Å². The summed E-state index contributed by atoms with van der Waals surface area (Å²) in [4.78, 5) is 47.9. The Bertz CT molecular complexity index is 1140. The van der Waals surface area contributed by atoms with Crippen molar-refractivity contribution in [1.29, 1.82) is 0 Å². The molecule has 3 aliphatic rings. The van der Waals surface area contributed by atoms with Crippen molar-refractivity contribution in [2.45, 2.75) is 57.3 Å². The number of aliphatic hydroxyl groups is 1. The van der Waals surface area contributed by atoms with Crippen LogP contribution in [-0.4, -0.2) is 89.8 Å². The molecule has 40 heavy (non-hydrogen) atoms. The van der Waals surface area contributed by atoms with Crippen molar-refractivity contribution < 1.29 is 29.0 Å². The Morgan fingerprint density at radius 3 is 2.45 bits per heavy atom. The van der Waals surface area contributed by atoms with Crippen molar-refractivity contribution in [2.24, 2.45) is 17.8 Å². The lowest BCUT2D eigenvalue weighted by molar-refractivity contribution is -0.151. The monoisotopic (exact) mass is 553 g/mol. The van der Waals surface area contributed by atoms with Crippen LogP contribution in [-0.2, 0) is 19.1 Å². The maximum Gasteiger partial charge on any atom is 0.253 e. The Morgan fingerprint density at radius 1 is 1.20 bits per heavy atom. The lowest BCUT2D eigenvalue weighted by Gasteiger charge is -2.39. The first-order valence-electron chi connectivity index (χ1n) is 14.2. The van der Waals surface area contributed by atoms with Gasteiger partial charge in [0.15, 0.2) is 0 Å². The summed E-state index contributed by atoms with van der Waals surface area (Å²) in [5.41, 5.74) is -1.41. The van der Waals surface area contributed by atoms with E-state index in [4.69, 9.17) is 9.47 Å². The summed E-state index contributed by atoms with van der Waals surface area (Å²) in [7, 11) is 1.58. The fourth-order valence-electron chi connectivity index (χ4n) is 7.15. The summed E-state index contributed by atoms with van der Waals surface area (Å²) in [5, 5.41) is 9.65. The molecule has 6 atom stereocenters. The van der Waals surface area contributed by atoms with E-state index in [1.807, 2.05) is 20.8 Å². The first-order valence-corrected chi connectivity index (χ1v) is 14.2. The molecular formula is C31H43N3O6. The van der Waals surface area contributed by atoms with Crippen molar-refractivity contribution in [3.8, 4) is 5.75 Å². The SMILES string of the molecule is C=CCN(CCC)C(=O)[C@H]1[C@H]2C(=O)N(CCCO)C(C(=O)N(CC=C)c3ccc(OC)cc3)C23CC(C)[C@]1(C)O3. The molecule has 1 spiro atoms. The van der Waals surface area contributed by atoms with Crippen LogP contribution in [0.5, 0.6) is 5.75 Å². The highest BCUT2D eigenvalue weighted by molar-refractivity contribution is 6.05. The lowest BCUT2D eigenvalue weighted by atomic mass is 9.62. The highest BCUT2D eigenvalue weighted by atomic mass is 16.5. The third-order valence-electron chi connectivity index (χ3n) is 8.99. The summed E-state index contributed by atoms with van der Waals surface area (Å²) in [6.45, 7) is 14.8. The predicted octanol–water partition coefficient (Wildman–Crippen LogP) is 3.03. The Morgan fingerprint density at radius 2 is 1.88 bits per heavy atom. The van der Waals surface area contributed by atoms with E-state index < -0.39 is 29.1 Å². The number of aliphatic hydroxyl groups excluding tert-OH is 1. The Hall–Kier alpha value is -3.17. The molecule has 0 saturated carbocycles. The average Bonchev–Trinajstić information content (AvgIpc) is 3.46. The van der Waals surface area contributed by atoms with Crippen LogP contribution < -0.4 is 9.64 Å². The largest absolute Gasteiger partial charge is 0.497 e. The second kappa shape index (κ2) is 11.7. The van der Waals surface area contributed by atoms with E-state index in [0.29, 0.717) is 37.4 Å². The van der Waals surface area contributed by atoms with Gasteiger partial charge in [0.2, 0.25) is 11.8 Å². The molecule has 3 amide bonds. The van der Waals surface area contributed by atoms with Gasteiger partial charge < -0.3 is 29.3 Å². The Labute approximate surface area is 237 Å². The fraction of sp³-hybridized carbons (Fsp3) is 0.581. The van der Waals surface area contributed by atoms with Gasteiger partial charge in [0, 0.05) is 38.5 Å². The zero-order valence-corrected chi connectivity index (χ0v) is 24.2. The van der Waals surface area contributed by atoms with Crippen LogP contribution >= 0.6 is 0 Å². The number of fused-ring (bicyclic) bond motifs is 1. The van der Waals surface area contributed by atoms with E-state index in [0.717, 1.165) is 6.42 Å². The maximum absolute atomic E-state index is 14.6.